The van der Waals surface area contributed by atoms with Gasteiger partial charge in [0, 0.05) is 6.42 Å². The summed E-state index contributed by atoms with van der Waals surface area (Å²) in [5, 5.41) is 120. The number of nitrogens with one attached hydrogen (secondary N) is 1. The summed E-state index contributed by atoms with van der Waals surface area (Å²) in [6, 6.07) is -0.967. The van der Waals surface area contributed by atoms with Crippen molar-refractivity contribution in [1.29, 1.82) is 0 Å². The molecule has 0 spiro atoms. The van der Waals surface area contributed by atoms with E-state index in [0.29, 0.717) is 6.42 Å². The van der Waals surface area contributed by atoms with E-state index in [1.807, 2.05) is 6.08 Å². The summed E-state index contributed by atoms with van der Waals surface area (Å²) in [7, 11) is 0. The molecule has 3 saturated heterocycles. The highest BCUT2D eigenvalue weighted by atomic mass is 16.8. The Hall–Kier alpha value is -1.47. The lowest BCUT2D eigenvalue weighted by molar-refractivity contribution is -0.379. The van der Waals surface area contributed by atoms with Crippen LogP contribution in [-0.4, -0.2) is 193 Å². The van der Waals surface area contributed by atoms with Crippen LogP contribution in [0.25, 0.3) is 0 Å². The monoisotopic (exact) mass is 1230 g/mol. The van der Waals surface area contributed by atoms with Crippen molar-refractivity contribution < 1.29 is 89.4 Å². The minimum atomic E-state index is -1.97. The molecule has 3 fully saturated rings. The summed E-state index contributed by atoms with van der Waals surface area (Å²) >= 11 is 0. The first-order valence-corrected chi connectivity index (χ1v) is 34.9. The minimum absolute atomic E-state index is 0.249. The van der Waals surface area contributed by atoms with Crippen LogP contribution in [0.2, 0.25) is 0 Å². The molecular formula is C67H127NO18. The van der Waals surface area contributed by atoms with Gasteiger partial charge in [-0.1, -0.05) is 264 Å². The van der Waals surface area contributed by atoms with Gasteiger partial charge in [0.05, 0.1) is 38.6 Å². The Morgan fingerprint density at radius 3 is 1.09 bits per heavy atom. The van der Waals surface area contributed by atoms with Gasteiger partial charge < -0.3 is 89.9 Å². The average Bonchev–Trinajstić information content (AvgIpc) is 2.05. The maximum Gasteiger partial charge on any atom is 0.220 e. The number of rotatable bonds is 54. The molecular weight excluding hydrogens is 1110 g/mol. The van der Waals surface area contributed by atoms with E-state index in [2.05, 4.69) is 19.2 Å². The SMILES string of the molecule is CCCCCCCCCC/C=C/C(O)C(COC1OC(CO)C(OC2OC(CO)C(OC3OC(CO)C(O)C(O)C3O)C(O)C2O)C(O)C1O)NC(=O)CCCCCCCCCCCCCCCCCCCCCCCCCCCCCCCCC. The molecule has 19 heteroatoms. The quantitative estimate of drug-likeness (QED) is 0.0200. The summed E-state index contributed by atoms with van der Waals surface area (Å²) < 4.78 is 34.3. The van der Waals surface area contributed by atoms with Crippen molar-refractivity contribution in [2.75, 3.05) is 26.4 Å². The molecule has 12 N–H and O–H groups in total. The number of carbonyl (C=O) groups excluding carboxylic acids is 1. The number of carbonyl (C=O) groups is 1. The van der Waals surface area contributed by atoms with Crippen LogP contribution in [0.4, 0.5) is 0 Å². The second kappa shape index (κ2) is 50.1. The third-order valence-corrected chi connectivity index (χ3v) is 17.8. The van der Waals surface area contributed by atoms with Crippen molar-refractivity contribution in [1.82, 2.24) is 5.32 Å². The molecule has 3 rings (SSSR count). The number of unbranched alkanes of at least 4 members (excludes halogenated alkanes) is 38. The van der Waals surface area contributed by atoms with Gasteiger partial charge >= 0.3 is 0 Å². The zero-order valence-corrected chi connectivity index (χ0v) is 53.6. The number of aliphatic hydroxyl groups is 11. The Labute approximate surface area is 518 Å². The number of allylic oxidation sites excluding steroid dienone is 1. The largest absolute Gasteiger partial charge is 0.394 e. The number of hydrogen-bond donors (Lipinski definition) is 12. The molecule has 0 radical (unpaired) electrons. The van der Waals surface area contributed by atoms with Crippen molar-refractivity contribution >= 4 is 5.91 Å². The third kappa shape index (κ3) is 32.2. The van der Waals surface area contributed by atoms with Gasteiger partial charge in [0.25, 0.3) is 0 Å². The van der Waals surface area contributed by atoms with Crippen LogP contribution in [0.5, 0.6) is 0 Å². The van der Waals surface area contributed by atoms with Crippen molar-refractivity contribution in [3.05, 3.63) is 12.2 Å². The van der Waals surface area contributed by atoms with Crippen LogP contribution in [0, 0.1) is 0 Å². The van der Waals surface area contributed by atoms with Crippen molar-refractivity contribution in [3.63, 3.8) is 0 Å². The number of aliphatic hydroxyl groups excluding tert-OH is 11. The van der Waals surface area contributed by atoms with E-state index in [4.69, 9.17) is 28.4 Å². The average molecular weight is 1230 g/mol. The Morgan fingerprint density at radius 2 is 0.721 bits per heavy atom. The Bertz CT molecular complexity index is 1620. The number of ether oxygens (including phenoxy) is 6. The van der Waals surface area contributed by atoms with Crippen LogP contribution < -0.4 is 5.32 Å². The molecule has 0 saturated carbocycles. The summed E-state index contributed by atoms with van der Waals surface area (Å²) in [5.74, 6) is -0.272. The van der Waals surface area contributed by atoms with Gasteiger partial charge in [-0.05, 0) is 19.3 Å². The minimum Gasteiger partial charge on any atom is -0.394 e. The molecule has 508 valence electrons. The summed E-state index contributed by atoms with van der Waals surface area (Å²) in [5.41, 5.74) is 0. The van der Waals surface area contributed by atoms with Crippen molar-refractivity contribution in [2.24, 2.45) is 0 Å². The van der Waals surface area contributed by atoms with Gasteiger partial charge in [-0.15, -0.1) is 0 Å². The zero-order chi connectivity index (χ0) is 62.6. The lowest BCUT2D eigenvalue weighted by atomic mass is 9.96. The third-order valence-electron chi connectivity index (χ3n) is 17.8. The first-order chi connectivity index (χ1) is 41.8. The molecule has 0 aliphatic carbocycles. The highest BCUT2D eigenvalue weighted by Crippen LogP contribution is 2.33. The molecule has 19 nitrogen and oxygen atoms in total. The number of amides is 1. The zero-order valence-electron chi connectivity index (χ0n) is 53.6. The molecule has 3 aliphatic rings. The van der Waals surface area contributed by atoms with Gasteiger partial charge in [0.15, 0.2) is 18.9 Å². The van der Waals surface area contributed by atoms with E-state index in [0.717, 1.165) is 44.9 Å². The van der Waals surface area contributed by atoms with Crippen molar-refractivity contribution in [2.45, 2.75) is 381 Å². The highest BCUT2D eigenvalue weighted by Gasteiger charge is 2.53. The van der Waals surface area contributed by atoms with Crippen LogP contribution in [0.15, 0.2) is 12.2 Å². The fraction of sp³-hybridized carbons (Fsp3) is 0.955. The van der Waals surface area contributed by atoms with E-state index in [1.165, 1.54) is 205 Å². The second-order valence-corrected chi connectivity index (χ2v) is 25.4. The van der Waals surface area contributed by atoms with Gasteiger partial charge in [-0.3, -0.25) is 4.79 Å². The van der Waals surface area contributed by atoms with Gasteiger partial charge in [0.2, 0.25) is 5.91 Å². The summed E-state index contributed by atoms with van der Waals surface area (Å²) in [4.78, 5) is 13.3. The smallest absolute Gasteiger partial charge is 0.220 e. The molecule has 17 atom stereocenters. The maximum atomic E-state index is 13.3. The Kier molecular flexibility index (Phi) is 45.9. The van der Waals surface area contributed by atoms with Gasteiger partial charge in [-0.2, -0.15) is 0 Å². The van der Waals surface area contributed by atoms with Crippen LogP contribution >= 0.6 is 0 Å². The van der Waals surface area contributed by atoms with E-state index < -0.39 is 124 Å². The molecule has 86 heavy (non-hydrogen) atoms. The molecule has 0 aromatic carbocycles. The van der Waals surface area contributed by atoms with E-state index >= 15 is 0 Å². The topological polar surface area (TPSA) is 307 Å². The molecule has 1 amide bonds. The summed E-state index contributed by atoms with van der Waals surface area (Å²) in [6.45, 7) is 1.73. The Morgan fingerprint density at radius 1 is 0.407 bits per heavy atom. The second-order valence-electron chi connectivity index (χ2n) is 25.4. The predicted octanol–water partition coefficient (Wildman–Crippen LogP) is 8.89. The molecule has 0 aromatic heterocycles. The van der Waals surface area contributed by atoms with Gasteiger partial charge in [-0.25, -0.2) is 0 Å². The molecule has 3 aliphatic heterocycles. The van der Waals surface area contributed by atoms with Crippen LogP contribution in [-0.2, 0) is 33.2 Å². The van der Waals surface area contributed by atoms with Gasteiger partial charge in [0.1, 0.15) is 73.2 Å². The lowest BCUT2D eigenvalue weighted by Gasteiger charge is -2.48. The molecule has 3 heterocycles. The first-order valence-electron chi connectivity index (χ1n) is 34.9. The Balaban J connectivity index is 1.33. The summed E-state index contributed by atoms with van der Waals surface area (Å²) in [6.07, 6.45) is 28.1. The predicted molar refractivity (Wildman–Crippen MR) is 333 cm³/mol. The van der Waals surface area contributed by atoms with E-state index in [-0.39, 0.29) is 18.9 Å². The lowest BCUT2D eigenvalue weighted by Crippen LogP contribution is -2.66. The molecule has 0 aromatic rings. The van der Waals surface area contributed by atoms with E-state index in [1.54, 1.807) is 6.08 Å². The van der Waals surface area contributed by atoms with Crippen LogP contribution in [0.3, 0.4) is 0 Å². The fourth-order valence-electron chi connectivity index (χ4n) is 12.1. The first kappa shape index (κ1) is 78.8. The van der Waals surface area contributed by atoms with Crippen molar-refractivity contribution in [3.8, 4) is 0 Å². The van der Waals surface area contributed by atoms with Crippen LogP contribution in [0.1, 0.15) is 277 Å². The number of hydrogen-bond acceptors (Lipinski definition) is 18. The van der Waals surface area contributed by atoms with E-state index in [9.17, 15) is 61.0 Å². The highest BCUT2D eigenvalue weighted by molar-refractivity contribution is 5.76. The standard InChI is InChI=1S/C67H127NO18/c1-3-5-7-9-11-13-15-16-17-18-19-20-21-22-23-24-25-26-27-28-29-30-31-32-33-34-35-37-39-41-43-45-55(73)68-50(51(72)44-42-40-38-36-14-12-10-8-6-4-2)49-81-65-61(79)58(76)63(53(47-70)83-65)86-67-62(80)59(77)64(54(48-71)84-67)85-66-60(78)57(75)56(74)52(46-69)82-66/h42,44,50-54,56-67,69-72,74-80H,3-41,43,45-49H2,1-2H3,(H,68,73)/b44-42+. The molecule has 17 unspecified atom stereocenters. The maximum absolute atomic E-state index is 13.3. The fourth-order valence-corrected chi connectivity index (χ4v) is 12.1. The normalized spacial score (nSPS) is 28.8. The molecule has 0 bridgehead atoms.